The Bertz CT molecular complexity index is 724. The van der Waals surface area contributed by atoms with Crippen LogP contribution in [-0.4, -0.2) is 22.5 Å². The number of aromatic nitrogens is 1. The van der Waals surface area contributed by atoms with Crippen molar-refractivity contribution in [2.45, 2.75) is 50.6 Å². The van der Waals surface area contributed by atoms with Gasteiger partial charge in [0, 0.05) is 29.2 Å². The molecule has 1 aliphatic carbocycles. The Morgan fingerprint density at radius 2 is 2.00 bits per heavy atom. The van der Waals surface area contributed by atoms with Crippen LogP contribution in [0, 0.1) is 0 Å². The van der Waals surface area contributed by atoms with E-state index in [2.05, 4.69) is 40.2 Å². The van der Waals surface area contributed by atoms with Gasteiger partial charge in [-0.25, -0.2) is 0 Å². The summed E-state index contributed by atoms with van der Waals surface area (Å²) in [5.41, 5.74) is 6.14. The second kappa shape index (κ2) is 4.48. The Morgan fingerprint density at radius 1 is 1.05 bits per heavy atom. The van der Waals surface area contributed by atoms with Gasteiger partial charge in [-0.1, -0.05) is 36.3 Å². The highest BCUT2D eigenvalue weighted by Gasteiger charge is 2.38. The molecule has 1 aromatic heterocycles. The Hall–Kier alpha value is -1.54. The summed E-state index contributed by atoms with van der Waals surface area (Å²) in [7, 11) is 0. The number of H-pyrrole nitrogens is 1. The van der Waals surface area contributed by atoms with E-state index in [0.29, 0.717) is 6.04 Å². The fourth-order valence-electron chi connectivity index (χ4n) is 4.86. The van der Waals surface area contributed by atoms with Crippen molar-refractivity contribution in [1.29, 1.82) is 0 Å². The van der Waals surface area contributed by atoms with E-state index in [1.54, 1.807) is 11.1 Å². The Kier molecular flexibility index (Phi) is 2.57. The molecule has 5 rings (SSSR count). The monoisotopic (exact) mass is 278 g/mol. The van der Waals surface area contributed by atoms with E-state index < -0.39 is 0 Å². The first-order valence-corrected chi connectivity index (χ1v) is 8.46. The van der Waals surface area contributed by atoms with Gasteiger partial charge in [-0.15, -0.1) is 0 Å². The first kappa shape index (κ1) is 12.0. The summed E-state index contributed by atoms with van der Waals surface area (Å²) in [6.07, 6.45) is 10.5. The van der Waals surface area contributed by atoms with Gasteiger partial charge in [0.25, 0.3) is 0 Å². The lowest BCUT2D eigenvalue weighted by Gasteiger charge is -2.46. The fourth-order valence-corrected chi connectivity index (χ4v) is 4.86. The van der Waals surface area contributed by atoms with Crippen molar-refractivity contribution in [2.24, 2.45) is 0 Å². The average Bonchev–Trinajstić information content (AvgIpc) is 2.93. The molecule has 0 radical (unpaired) electrons. The summed E-state index contributed by atoms with van der Waals surface area (Å²) in [4.78, 5) is 6.54. The van der Waals surface area contributed by atoms with Crippen LogP contribution in [0.2, 0.25) is 0 Å². The molecule has 0 unspecified atom stereocenters. The van der Waals surface area contributed by atoms with Gasteiger partial charge in [0.1, 0.15) is 0 Å². The van der Waals surface area contributed by atoms with Crippen LogP contribution < -0.4 is 0 Å². The number of para-hydroxylation sites is 1. The molecule has 2 heteroatoms. The van der Waals surface area contributed by atoms with Crippen LogP contribution >= 0.6 is 0 Å². The lowest BCUT2D eigenvalue weighted by atomic mass is 9.81. The molecule has 0 amide bonds. The normalized spacial score (nSPS) is 28.7. The molecule has 2 aromatic rings. The molecule has 1 N–H and O–H groups in total. The number of aromatic amines is 1. The SMILES string of the molecule is C1=C2CCCC[C@H]2N2CCc3c([nH]c4ccccc34)[C@H]2C1. The van der Waals surface area contributed by atoms with E-state index in [0.717, 1.165) is 6.04 Å². The van der Waals surface area contributed by atoms with Gasteiger partial charge in [0.15, 0.2) is 0 Å². The van der Waals surface area contributed by atoms with E-state index in [-0.39, 0.29) is 0 Å². The zero-order valence-electron chi connectivity index (χ0n) is 12.4. The number of rotatable bonds is 0. The minimum atomic E-state index is 0.591. The van der Waals surface area contributed by atoms with Crippen LogP contribution in [-0.2, 0) is 6.42 Å². The summed E-state index contributed by atoms with van der Waals surface area (Å²) >= 11 is 0. The van der Waals surface area contributed by atoms with Gasteiger partial charge in [-0.05, 0) is 43.7 Å². The van der Waals surface area contributed by atoms with Gasteiger partial charge in [0.2, 0.25) is 0 Å². The highest BCUT2D eigenvalue weighted by Crippen LogP contribution is 2.44. The molecular weight excluding hydrogens is 256 g/mol. The number of hydrogen-bond acceptors (Lipinski definition) is 1. The summed E-state index contributed by atoms with van der Waals surface area (Å²) in [6.45, 7) is 1.24. The third-order valence-electron chi connectivity index (χ3n) is 5.82. The maximum absolute atomic E-state index is 3.74. The van der Waals surface area contributed by atoms with E-state index in [9.17, 15) is 0 Å². The van der Waals surface area contributed by atoms with Gasteiger partial charge in [0.05, 0.1) is 6.04 Å². The Labute approximate surface area is 125 Å². The fraction of sp³-hybridized carbons (Fsp3) is 0.474. The third-order valence-corrected chi connectivity index (χ3v) is 5.82. The Balaban J connectivity index is 1.62. The largest absolute Gasteiger partial charge is 0.357 e. The van der Waals surface area contributed by atoms with Crippen LogP contribution in [0.3, 0.4) is 0 Å². The first-order chi connectivity index (χ1) is 10.4. The van der Waals surface area contributed by atoms with Crippen LogP contribution in [0.25, 0.3) is 10.9 Å². The van der Waals surface area contributed by atoms with E-state index in [1.165, 1.54) is 61.7 Å². The predicted molar refractivity (Wildman–Crippen MR) is 86.4 cm³/mol. The molecule has 1 saturated carbocycles. The lowest BCUT2D eigenvalue weighted by Crippen LogP contribution is -2.46. The molecule has 2 aliphatic heterocycles. The van der Waals surface area contributed by atoms with Crippen molar-refractivity contribution in [2.75, 3.05) is 6.54 Å². The van der Waals surface area contributed by atoms with Crippen LogP contribution in [0.1, 0.15) is 49.4 Å². The highest BCUT2D eigenvalue weighted by atomic mass is 15.2. The molecule has 2 atom stereocenters. The summed E-state index contributed by atoms with van der Waals surface area (Å²) in [5.74, 6) is 0. The molecule has 0 bridgehead atoms. The maximum Gasteiger partial charge on any atom is 0.0542 e. The van der Waals surface area contributed by atoms with Gasteiger partial charge >= 0.3 is 0 Å². The molecule has 3 heterocycles. The minimum Gasteiger partial charge on any atom is -0.357 e. The minimum absolute atomic E-state index is 0.591. The zero-order valence-corrected chi connectivity index (χ0v) is 12.4. The van der Waals surface area contributed by atoms with Crippen molar-refractivity contribution >= 4 is 10.9 Å². The molecule has 21 heavy (non-hydrogen) atoms. The molecule has 0 saturated heterocycles. The molecule has 0 spiro atoms. The molecule has 1 fully saturated rings. The number of nitrogens with one attached hydrogen (secondary N) is 1. The number of hydrogen-bond donors (Lipinski definition) is 1. The Morgan fingerprint density at radius 3 is 3.00 bits per heavy atom. The lowest BCUT2D eigenvalue weighted by molar-refractivity contribution is 0.111. The van der Waals surface area contributed by atoms with Crippen LogP contribution in [0.4, 0.5) is 0 Å². The van der Waals surface area contributed by atoms with Gasteiger partial charge in [-0.2, -0.15) is 0 Å². The maximum atomic E-state index is 3.74. The summed E-state index contributed by atoms with van der Waals surface area (Å²) in [6, 6.07) is 10.1. The van der Waals surface area contributed by atoms with Crippen molar-refractivity contribution in [1.82, 2.24) is 9.88 Å². The second-order valence-corrected chi connectivity index (χ2v) is 6.84. The van der Waals surface area contributed by atoms with Gasteiger partial charge in [-0.3, -0.25) is 4.90 Å². The first-order valence-electron chi connectivity index (χ1n) is 8.46. The van der Waals surface area contributed by atoms with Crippen molar-refractivity contribution in [3.8, 4) is 0 Å². The second-order valence-electron chi connectivity index (χ2n) is 6.84. The van der Waals surface area contributed by atoms with Crippen LogP contribution in [0.5, 0.6) is 0 Å². The number of fused-ring (bicyclic) bond motifs is 7. The summed E-state index contributed by atoms with van der Waals surface area (Å²) < 4.78 is 0. The zero-order chi connectivity index (χ0) is 13.8. The quantitative estimate of drug-likeness (QED) is 0.710. The number of benzene rings is 1. The molecular formula is C19H22N2. The highest BCUT2D eigenvalue weighted by molar-refractivity contribution is 5.85. The van der Waals surface area contributed by atoms with E-state index in [1.807, 2.05) is 0 Å². The predicted octanol–water partition coefficient (Wildman–Crippen LogP) is 4.34. The summed E-state index contributed by atoms with van der Waals surface area (Å²) in [5, 5.41) is 1.45. The van der Waals surface area contributed by atoms with Crippen molar-refractivity contribution in [3.05, 3.63) is 47.2 Å². The van der Waals surface area contributed by atoms with E-state index in [4.69, 9.17) is 0 Å². The van der Waals surface area contributed by atoms with E-state index >= 15 is 0 Å². The van der Waals surface area contributed by atoms with Crippen molar-refractivity contribution in [3.63, 3.8) is 0 Å². The smallest absolute Gasteiger partial charge is 0.0542 e. The molecule has 2 nitrogen and oxygen atoms in total. The molecule has 108 valence electrons. The van der Waals surface area contributed by atoms with Crippen molar-refractivity contribution < 1.29 is 0 Å². The molecule has 3 aliphatic rings. The van der Waals surface area contributed by atoms with Crippen LogP contribution in [0.15, 0.2) is 35.9 Å². The topological polar surface area (TPSA) is 19.0 Å². The van der Waals surface area contributed by atoms with Gasteiger partial charge < -0.3 is 4.98 Å². The third kappa shape index (κ3) is 1.69. The number of nitrogens with zero attached hydrogens (tertiary/aromatic N) is 1. The standard InChI is InChI=1S/C19H22N2/c1-4-8-17-13(5-1)9-10-18-19-15(11-12-21(17)18)14-6-2-3-7-16(14)20-19/h2-3,6-7,9,17-18,20H,1,4-5,8,10-12H2/t17-,18-/m1/s1. The average molecular weight is 278 g/mol. The molecule has 1 aromatic carbocycles.